The van der Waals surface area contributed by atoms with E-state index in [0.717, 1.165) is 7.11 Å². The zero-order chi connectivity index (χ0) is 27.2. The van der Waals surface area contributed by atoms with Gasteiger partial charge in [0.15, 0.2) is 5.76 Å². The second kappa shape index (κ2) is 8.12. The molecule has 5 rings (SSSR count). The fourth-order valence-corrected chi connectivity index (χ4v) is 7.84. The molecule has 37 heavy (non-hydrogen) atoms. The number of fused-ring (bicyclic) bond motifs is 2. The summed E-state index contributed by atoms with van der Waals surface area (Å²) in [4.78, 5) is 52.0. The van der Waals surface area contributed by atoms with Gasteiger partial charge in [0.25, 0.3) is 0 Å². The Morgan fingerprint density at radius 2 is 1.89 bits per heavy atom. The minimum Gasteiger partial charge on any atom is -0.504 e. The molecule has 2 bridgehead atoms. The maximum atomic E-state index is 13.4. The molecule has 0 amide bonds. The van der Waals surface area contributed by atoms with Crippen LogP contribution in [0.15, 0.2) is 23.0 Å². The molecule has 0 radical (unpaired) electrons. The Balaban J connectivity index is 1.75. The van der Waals surface area contributed by atoms with Crippen LogP contribution < -0.4 is 0 Å². The highest BCUT2D eigenvalue weighted by molar-refractivity contribution is 6.08. The lowest BCUT2D eigenvalue weighted by molar-refractivity contribution is -0.273. The molecule has 3 N–H and O–H groups in total. The lowest BCUT2D eigenvalue weighted by atomic mass is 9.40. The molecule has 0 aromatic heterocycles. The molecule has 2 heterocycles. The Kier molecular flexibility index (Phi) is 5.68. The summed E-state index contributed by atoms with van der Waals surface area (Å²) in [6, 6.07) is 0. The molecule has 3 aliphatic carbocycles. The minimum absolute atomic E-state index is 0.00383. The minimum atomic E-state index is -2.21. The summed E-state index contributed by atoms with van der Waals surface area (Å²) in [6.45, 7) is 6.64. The monoisotopic (exact) mass is 520 g/mol. The molecule has 0 aromatic carbocycles. The molecular formula is C26H32O11. The number of methoxy groups -OCH3 is 1. The number of carbonyl (C=O) groups excluding carboxylic acids is 4. The first kappa shape index (κ1) is 25.9. The van der Waals surface area contributed by atoms with Gasteiger partial charge in [-0.3, -0.25) is 9.59 Å². The smallest absolute Gasteiger partial charge is 0.348 e. The molecule has 0 unspecified atom stereocenters. The molecule has 202 valence electrons. The second-order valence-electron chi connectivity index (χ2n) is 11.5. The number of allylic oxidation sites excluding steroid dienone is 2. The van der Waals surface area contributed by atoms with Gasteiger partial charge in [0, 0.05) is 35.2 Å². The van der Waals surface area contributed by atoms with Crippen LogP contribution in [-0.2, 0) is 38.1 Å². The van der Waals surface area contributed by atoms with Crippen LogP contribution in [0.2, 0.25) is 0 Å². The van der Waals surface area contributed by atoms with Gasteiger partial charge < -0.3 is 34.3 Å². The standard InChI is InChI=1S/C26H32O11/c1-10(2)6-15(28)37-18-20-25-9-35-26(20,23(33)34-5)21(31)17(30)19(25)24(4)8-13(27)16(29)11(3)12(24)7-14(25)36-22(18)32/h8,10,14,17-21,27,30-31H,6-7,9H2,1-5H3/t14-,17-,18-,19+,20-,21+,24+,25-,26+/m1/s1. The average molecular weight is 521 g/mol. The number of rotatable bonds is 4. The largest absolute Gasteiger partial charge is 0.504 e. The lowest BCUT2D eigenvalue weighted by Crippen LogP contribution is -2.78. The Hall–Kier alpha value is -2.76. The predicted molar refractivity (Wildman–Crippen MR) is 122 cm³/mol. The third kappa shape index (κ3) is 3.04. The van der Waals surface area contributed by atoms with Crippen molar-refractivity contribution in [2.24, 2.45) is 28.6 Å². The lowest BCUT2D eigenvalue weighted by Gasteiger charge is -2.65. The Bertz CT molecular complexity index is 1150. The van der Waals surface area contributed by atoms with Crippen molar-refractivity contribution in [3.63, 3.8) is 0 Å². The summed E-state index contributed by atoms with van der Waals surface area (Å²) in [5, 5.41) is 33.6. The summed E-state index contributed by atoms with van der Waals surface area (Å²) in [7, 11) is 1.09. The third-order valence-corrected chi connectivity index (χ3v) is 9.16. The number of hydrogen-bond acceptors (Lipinski definition) is 11. The van der Waals surface area contributed by atoms with E-state index in [2.05, 4.69) is 0 Å². The van der Waals surface area contributed by atoms with Gasteiger partial charge in [0.05, 0.1) is 25.7 Å². The highest BCUT2D eigenvalue weighted by atomic mass is 16.6. The van der Waals surface area contributed by atoms with Crippen molar-refractivity contribution in [3.8, 4) is 0 Å². The Morgan fingerprint density at radius 1 is 1.22 bits per heavy atom. The van der Waals surface area contributed by atoms with Crippen molar-refractivity contribution in [1.29, 1.82) is 0 Å². The Morgan fingerprint density at radius 3 is 2.51 bits per heavy atom. The number of carbonyl (C=O) groups is 4. The third-order valence-electron chi connectivity index (χ3n) is 9.16. The van der Waals surface area contributed by atoms with E-state index in [0.29, 0.717) is 5.57 Å². The van der Waals surface area contributed by atoms with E-state index in [1.165, 1.54) is 6.08 Å². The zero-order valence-electron chi connectivity index (χ0n) is 21.3. The number of aliphatic hydroxyl groups is 3. The van der Waals surface area contributed by atoms with Crippen LogP contribution in [0.1, 0.15) is 40.5 Å². The van der Waals surface area contributed by atoms with Crippen LogP contribution in [0, 0.1) is 28.6 Å². The van der Waals surface area contributed by atoms with E-state index in [-0.39, 0.29) is 30.9 Å². The van der Waals surface area contributed by atoms with Gasteiger partial charge in [-0.25, -0.2) is 9.59 Å². The number of esters is 3. The number of aliphatic hydroxyl groups excluding tert-OH is 3. The SMILES string of the molecule is COC(=O)[C@@]12OC[C@]34[C@@H]([C@@H](O)[C@@H]1O)[C@@]1(C)C=C(O)C(=O)C(C)=C1C[C@H]3OC(=O)[C@H](OC(=O)CC(C)C)[C@@H]24. The molecule has 0 aromatic rings. The molecule has 1 spiro atoms. The van der Waals surface area contributed by atoms with E-state index in [1.807, 2.05) is 0 Å². The molecule has 2 saturated heterocycles. The van der Waals surface area contributed by atoms with Gasteiger partial charge in [-0.05, 0) is 24.5 Å². The number of Topliss-reactive ketones (excluding diaryl/α,β-unsaturated/α-hetero) is 1. The van der Waals surface area contributed by atoms with Crippen molar-refractivity contribution in [2.75, 3.05) is 13.7 Å². The van der Waals surface area contributed by atoms with Crippen molar-refractivity contribution in [2.45, 2.75) is 70.6 Å². The normalized spacial score (nSPS) is 44.1. The summed E-state index contributed by atoms with van der Waals surface area (Å²) in [6.07, 6.45) is -4.68. The van der Waals surface area contributed by atoms with Crippen molar-refractivity contribution >= 4 is 23.7 Å². The molecule has 2 aliphatic heterocycles. The van der Waals surface area contributed by atoms with Gasteiger partial charge in [-0.1, -0.05) is 20.8 Å². The van der Waals surface area contributed by atoms with Gasteiger partial charge in [0.1, 0.15) is 12.2 Å². The first-order valence-corrected chi connectivity index (χ1v) is 12.4. The van der Waals surface area contributed by atoms with Gasteiger partial charge in [-0.15, -0.1) is 0 Å². The Labute approximate surface area is 213 Å². The summed E-state index contributed by atoms with van der Waals surface area (Å²) in [5.41, 5.74) is -3.92. The average Bonchev–Trinajstić information content (AvgIpc) is 3.12. The molecule has 11 heteroatoms. The molecule has 4 fully saturated rings. The zero-order valence-corrected chi connectivity index (χ0v) is 21.3. The maximum Gasteiger partial charge on any atom is 0.348 e. The van der Waals surface area contributed by atoms with E-state index in [9.17, 15) is 34.5 Å². The highest BCUT2D eigenvalue weighted by Gasteiger charge is 2.84. The van der Waals surface area contributed by atoms with Crippen LogP contribution in [0.5, 0.6) is 0 Å². The fraction of sp³-hybridized carbons (Fsp3) is 0.692. The van der Waals surface area contributed by atoms with E-state index in [4.69, 9.17) is 18.9 Å². The number of hydrogen-bond donors (Lipinski definition) is 3. The summed E-state index contributed by atoms with van der Waals surface area (Å²) in [5.74, 6) is -6.03. The first-order valence-electron chi connectivity index (χ1n) is 12.4. The van der Waals surface area contributed by atoms with E-state index in [1.54, 1.807) is 27.7 Å². The van der Waals surface area contributed by atoms with Crippen LogP contribution in [0.25, 0.3) is 0 Å². The van der Waals surface area contributed by atoms with Crippen molar-refractivity contribution in [1.82, 2.24) is 0 Å². The second-order valence-corrected chi connectivity index (χ2v) is 11.5. The van der Waals surface area contributed by atoms with Crippen molar-refractivity contribution in [3.05, 3.63) is 23.0 Å². The number of ketones is 1. The van der Waals surface area contributed by atoms with Crippen LogP contribution in [-0.4, -0.2) is 82.7 Å². The molecule has 2 saturated carbocycles. The fourth-order valence-electron chi connectivity index (χ4n) is 7.84. The quantitative estimate of drug-likeness (QED) is 0.349. The van der Waals surface area contributed by atoms with Crippen LogP contribution in [0.3, 0.4) is 0 Å². The first-order chi connectivity index (χ1) is 17.3. The summed E-state index contributed by atoms with van der Waals surface area (Å²) < 4.78 is 22.5. The predicted octanol–water partition coefficient (Wildman–Crippen LogP) is 0.517. The number of ether oxygens (including phenoxy) is 4. The van der Waals surface area contributed by atoms with E-state index >= 15 is 0 Å². The molecule has 11 nitrogen and oxygen atoms in total. The van der Waals surface area contributed by atoms with Gasteiger partial charge in [-0.2, -0.15) is 0 Å². The topological polar surface area (TPSA) is 166 Å². The van der Waals surface area contributed by atoms with Crippen LogP contribution >= 0.6 is 0 Å². The van der Waals surface area contributed by atoms with Gasteiger partial charge >= 0.3 is 17.9 Å². The molecular weight excluding hydrogens is 488 g/mol. The van der Waals surface area contributed by atoms with E-state index < -0.39 is 82.1 Å². The van der Waals surface area contributed by atoms with Crippen molar-refractivity contribution < 1.29 is 53.4 Å². The van der Waals surface area contributed by atoms with Crippen LogP contribution in [0.4, 0.5) is 0 Å². The maximum absolute atomic E-state index is 13.4. The highest BCUT2D eigenvalue weighted by Crippen LogP contribution is 2.71. The molecule has 9 atom stereocenters. The van der Waals surface area contributed by atoms with Gasteiger partial charge in [0.2, 0.25) is 17.5 Å². The summed E-state index contributed by atoms with van der Waals surface area (Å²) >= 11 is 0. The molecule has 5 aliphatic rings.